The van der Waals surface area contributed by atoms with Crippen LogP contribution in [0.25, 0.3) is 0 Å². The Morgan fingerprint density at radius 2 is 2.12 bits per heavy atom. The molecule has 0 aliphatic carbocycles. The predicted octanol–water partition coefficient (Wildman–Crippen LogP) is 2.21. The first-order valence-corrected chi connectivity index (χ1v) is 5.08. The second-order valence-corrected chi connectivity index (χ2v) is 3.27. The monoisotopic (exact) mass is 240 g/mol. The Hall–Kier alpha value is -1.64. The molecule has 1 atom stereocenters. The molecule has 1 aromatic rings. The van der Waals surface area contributed by atoms with Crippen LogP contribution < -0.4 is 16.0 Å². The summed E-state index contributed by atoms with van der Waals surface area (Å²) < 4.78 is 28.9. The summed E-state index contributed by atoms with van der Waals surface area (Å²) in [7, 11) is 0. The number of hydrogen-bond donors (Lipinski definition) is 2. The maximum atomic E-state index is 12.2. The Morgan fingerprint density at radius 1 is 1.41 bits per heavy atom. The van der Waals surface area contributed by atoms with Crippen LogP contribution in [0.2, 0.25) is 0 Å². The van der Waals surface area contributed by atoms with E-state index >= 15 is 0 Å². The van der Waals surface area contributed by atoms with Crippen molar-refractivity contribution in [3.05, 3.63) is 29.8 Å². The molecule has 0 radical (unpaired) electrons. The van der Waals surface area contributed by atoms with E-state index in [0.29, 0.717) is 12.0 Å². The second kappa shape index (κ2) is 6.84. The number of hydrogen-bond acceptors (Lipinski definition) is 3. The third-order valence-electron chi connectivity index (χ3n) is 2.19. The highest BCUT2D eigenvalue weighted by atomic mass is 19.3. The highest BCUT2D eigenvalue weighted by molar-refractivity contribution is 5.36. The quantitative estimate of drug-likeness (QED) is 0.471. The van der Waals surface area contributed by atoms with Crippen molar-refractivity contribution >= 4 is 0 Å². The maximum absolute atomic E-state index is 12.2. The van der Waals surface area contributed by atoms with Gasteiger partial charge in [-0.05, 0) is 13.0 Å². The first-order valence-electron chi connectivity index (χ1n) is 5.08. The zero-order valence-electron chi connectivity index (χ0n) is 9.41. The van der Waals surface area contributed by atoms with Crippen LogP contribution in [-0.4, -0.2) is 6.61 Å². The molecule has 0 amide bonds. The fraction of sp³-hybridized carbons (Fsp3) is 0.333. The van der Waals surface area contributed by atoms with E-state index in [1.165, 1.54) is 6.07 Å². The number of ether oxygens (including phenoxy) is 1. The van der Waals surface area contributed by atoms with E-state index in [2.05, 4.69) is 22.0 Å². The number of nitrogens with two attached hydrogens (primary N) is 1. The standard InChI is InChI=1S/C12H14F2N2O/c1-2-3-7-10(16-15)9-6-4-5-8-11(9)17-12(13)14/h4-6,8,10,12,16H,7,15H2,1H3. The van der Waals surface area contributed by atoms with E-state index in [-0.39, 0.29) is 11.8 Å². The molecule has 1 aromatic carbocycles. The van der Waals surface area contributed by atoms with Crippen molar-refractivity contribution < 1.29 is 13.5 Å². The van der Waals surface area contributed by atoms with E-state index in [9.17, 15) is 8.78 Å². The third-order valence-corrected chi connectivity index (χ3v) is 2.19. The molecule has 17 heavy (non-hydrogen) atoms. The van der Waals surface area contributed by atoms with Gasteiger partial charge in [-0.25, -0.2) is 0 Å². The summed E-state index contributed by atoms with van der Waals surface area (Å²) in [4.78, 5) is 0. The minimum absolute atomic E-state index is 0.114. The third kappa shape index (κ3) is 4.02. The topological polar surface area (TPSA) is 47.3 Å². The van der Waals surface area contributed by atoms with Gasteiger partial charge in [-0.3, -0.25) is 11.3 Å². The molecule has 3 N–H and O–H groups in total. The normalized spacial score (nSPS) is 11.8. The van der Waals surface area contributed by atoms with Gasteiger partial charge < -0.3 is 4.74 Å². The molecule has 0 saturated heterocycles. The van der Waals surface area contributed by atoms with Crippen LogP contribution in [0.15, 0.2) is 24.3 Å². The van der Waals surface area contributed by atoms with Gasteiger partial charge in [-0.2, -0.15) is 8.78 Å². The molecule has 0 aromatic heterocycles. The number of benzene rings is 1. The van der Waals surface area contributed by atoms with Crippen molar-refractivity contribution in [1.82, 2.24) is 5.43 Å². The van der Waals surface area contributed by atoms with Gasteiger partial charge in [0.1, 0.15) is 5.75 Å². The molecule has 1 unspecified atom stereocenters. The number of hydrazine groups is 1. The minimum atomic E-state index is -2.85. The summed E-state index contributed by atoms with van der Waals surface area (Å²) in [6.07, 6.45) is 0.427. The van der Waals surface area contributed by atoms with Crippen molar-refractivity contribution in [3.63, 3.8) is 0 Å². The van der Waals surface area contributed by atoms with E-state index in [1.807, 2.05) is 0 Å². The molecular formula is C12H14F2N2O. The van der Waals surface area contributed by atoms with Crippen molar-refractivity contribution in [3.8, 4) is 17.6 Å². The molecule has 5 heteroatoms. The van der Waals surface area contributed by atoms with Crippen molar-refractivity contribution in [2.45, 2.75) is 26.0 Å². The van der Waals surface area contributed by atoms with Crippen LogP contribution in [0.1, 0.15) is 24.9 Å². The van der Waals surface area contributed by atoms with Crippen LogP contribution >= 0.6 is 0 Å². The molecule has 0 aliphatic heterocycles. The molecule has 3 nitrogen and oxygen atoms in total. The zero-order chi connectivity index (χ0) is 12.7. The van der Waals surface area contributed by atoms with Gasteiger partial charge in [-0.15, -0.1) is 11.8 Å². The van der Waals surface area contributed by atoms with Crippen LogP contribution in [0.4, 0.5) is 8.78 Å². The van der Waals surface area contributed by atoms with Gasteiger partial charge in [0.25, 0.3) is 0 Å². The van der Waals surface area contributed by atoms with Gasteiger partial charge in [-0.1, -0.05) is 18.2 Å². The lowest BCUT2D eigenvalue weighted by Crippen LogP contribution is -2.28. The number of para-hydroxylation sites is 1. The van der Waals surface area contributed by atoms with E-state index in [4.69, 9.17) is 5.84 Å². The van der Waals surface area contributed by atoms with Crippen LogP contribution in [0.5, 0.6) is 5.75 Å². The number of nitrogens with one attached hydrogen (secondary N) is 1. The Balaban J connectivity index is 2.95. The van der Waals surface area contributed by atoms with E-state index in [0.717, 1.165) is 0 Å². The molecule has 1 rings (SSSR count). The fourth-order valence-electron chi connectivity index (χ4n) is 1.43. The summed E-state index contributed by atoms with van der Waals surface area (Å²) >= 11 is 0. The lowest BCUT2D eigenvalue weighted by atomic mass is 10.0. The van der Waals surface area contributed by atoms with E-state index < -0.39 is 6.61 Å². The van der Waals surface area contributed by atoms with Gasteiger partial charge in [0.2, 0.25) is 0 Å². The molecule has 92 valence electrons. The number of halogens is 2. The second-order valence-electron chi connectivity index (χ2n) is 3.27. The summed E-state index contributed by atoms with van der Waals surface area (Å²) in [5, 5.41) is 0. The molecular weight excluding hydrogens is 226 g/mol. The highest BCUT2D eigenvalue weighted by Gasteiger charge is 2.16. The van der Waals surface area contributed by atoms with Crippen LogP contribution in [0.3, 0.4) is 0 Å². The average molecular weight is 240 g/mol. The Bertz CT molecular complexity index is 412. The highest BCUT2D eigenvalue weighted by Crippen LogP contribution is 2.27. The van der Waals surface area contributed by atoms with Gasteiger partial charge in [0, 0.05) is 12.0 Å². The molecule has 0 saturated carbocycles. The summed E-state index contributed by atoms with van der Waals surface area (Å²) in [5.41, 5.74) is 3.11. The first kappa shape index (κ1) is 13.4. The summed E-state index contributed by atoms with van der Waals surface area (Å²) in [5.74, 6) is 11.1. The van der Waals surface area contributed by atoms with Gasteiger partial charge in [0.05, 0.1) is 6.04 Å². The molecule has 0 fully saturated rings. The van der Waals surface area contributed by atoms with E-state index in [1.54, 1.807) is 25.1 Å². The van der Waals surface area contributed by atoms with Gasteiger partial charge in [0.15, 0.2) is 0 Å². The molecule has 0 spiro atoms. The number of rotatable bonds is 5. The summed E-state index contributed by atoms with van der Waals surface area (Å²) in [6.45, 7) is -1.15. The molecule has 0 bridgehead atoms. The van der Waals surface area contributed by atoms with Crippen LogP contribution in [0, 0.1) is 11.8 Å². The predicted molar refractivity (Wildman–Crippen MR) is 61.2 cm³/mol. The SMILES string of the molecule is CC#CCC(NN)c1ccccc1OC(F)F. The van der Waals surface area contributed by atoms with Crippen molar-refractivity contribution in [1.29, 1.82) is 0 Å². The Kier molecular flexibility index (Phi) is 5.40. The molecule has 0 aliphatic rings. The Morgan fingerprint density at radius 3 is 2.71 bits per heavy atom. The maximum Gasteiger partial charge on any atom is 0.387 e. The average Bonchev–Trinajstić information content (AvgIpc) is 2.31. The fourth-order valence-corrected chi connectivity index (χ4v) is 1.43. The van der Waals surface area contributed by atoms with Crippen LogP contribution in [-0.2, 0) is 0 Å². The smallest absolute Gasteiger partial charge is 0.387 e. The molecule has 0 heterocycles. The van der Waals surface area contributed by atoms with Crippen molar-refractivity contribution in [2.75, 3.05) is 0 Å². The lowest BCUT2D eigenvalue weighted by Gasteiger charge is -2.17. The summed E-state index contributed by atoms with van der Waals surface area (Å²) in [6, 6.07) is 6.18. The Labute approximate surface area is 98.9 Å². The first-order chi connectivity index (χ1) is 8.19. The lowest BCUT2D eigenvalue weighted by molar-refractivity contribution is -0.0507. The number of alkyl halides is 2. The van der Waals surface area contributed by atoms with Gasteiger partial charge >= 0.3 is 6.61 Å². The minimum Gasteiger partial charge on any atom is -0.434 e. The largest absolute Gasteiger partial charge is 0.434 e. The van der Waals surface area contributed by atoms with Crippen molar-refractivity contribution in [2.24, 2.45) is 5.84 Å². The zero-order valence-corrected chi connectivity index (χ0v) is 9.41.